The number of benzene rings is 2. The summed E-state index contributed by atoms with van der Waals surface area (Å²) in [5, 5.41) is 6.93. The van der Waals surface area contributed by atoms with E-state index in [1.54, 1.807) is 0 Å². The van der Waals surface area contributed by atoms with Crippen LogP contribution < -0.4 is 10.6 Å². The first-order chi connectivity index (χ1) is 12.6. The van der Waals surface area contributed by atoms with Crippen LogP contribution in [0.25, 0.3) is 28.1 Å². The minimum absolute atomic E-state index is 0.309. The summed E-state index contributed by atoms with van der Waals surface area (Å²) in [6.07, 6.45) is 4.25. The van der Waals surface area contributed by atoms with Crippen LogP contribution in [0.5, 0.6) is 0 Å². The molecule has 3 aromatic rings. The Hall–Kier alpha value is -3.01. The maximum atomic E-state index is 4.27. The maximum absolute atomic E-state index is 4.27. The smallest absolute Gasteiger partial charge is 0.103 e. The molecule has 1 aliphatic heterocycles. The van der Waals surface area contributed by atoms with Gasteiger partial charge in [-0.1, -0.05) is 62.4 Å². The molecule has 2 aromatic carbocycles. The standard InChI is InChI=1S/C22H24N4/c1-14(2)22-24-13-21(26-22)19-10-6-17(7-11-19)16-4-8-18(9-5-16)20-12-23-15(3)25-20/h4-14,22,24,26H,1-3H3,(H,23,25). The van der Waals surface area contributed by atoms with Gasteiger partial charge in [-0.15, -0.1) is 0 Å². The molecule has 1 unspecified atom stereocenters. The molecule has 1 aromatic heterocycles. The monoisotopic (exact) mass is 344 g/mol. The number of H-pyrrole nitrogens is 1. The first-order valence-corrected chi connectivity index (χ1v) is 9.06. The number of aryl methyl sites for hydroxylation is 1. The van der Waals surface area contributed by atoms with Gasteiger partial charge in [-0.2, -0.15) is 0 Å². The summed E-state index contributed by atoms with van der Waals surface area (Å²) in [5.74, 6) is 1.48. The van der Waals surface area contributed by atoms with Crippen molar-refractivity contribution in [3.8, 4) is 22.4 Å². The first kappa shape index (κ1) is 16.5. The van der Waals surface area contributed by atoms with E-state index in [0.717, 1.165) is 22.8 Å². The highest BCUT2D eigenvalue weighted by Gasteiger charge is 2.18. The molecule has 0 radical (unpaired) electrons. The average Bonchev–Trinajstić information content (AvgIpc) is 3.31. The Kier molecular flexibility index (Phi) is 4.25. The van der Waals surface area contributed by atoms with Gasteiger partial charge in [0, 0.05) is 6.20 Å². The second kappa shape index (κ2) is 6.71. The highest BCUT2D eigenvalue weighted by molar-refractivity contribution is 5.72. The van der Waals surface area contributed by atoms with E-state index in [9.17, 15) is 0 Å². The Morgan fingerprint density at radius 1 is 0.846 bits per heavy atom. The van der Waals surface area contributed by atoms with Crippen molar-refractivity contribution in [3.05, 3.63) is 72.3 Å². The topological polar surface area (TPSA) is 52.7 Å². The van der Waals surface area contributed by atoms with Crippen LogP contribution in [0.15, 0.2) is 60.9 Å². The summed E-state index contributed by atoms with van der Waals surface area (Å²) in [6, 6.07) is 17.3. The molecule has 4 nitrogen and oxygen atoms in total. The molecular formula is C22H24N4. The van der Waals surface area contributed by atoms with E-state index in [1.165, 1.54) is 16.7 Å². The van der Waals surface area contributed by atoms with Gasteiger partial charge in [0.05, 0.1) is 23.8 Å². The summed E-state index contributed by atoms with van der Waals surface area (Å²) < 4.78 is 0. The maximum Gasteiger partial charge on any atom is 0.103 e. The molecule has 4 rings (SSSR count). The lowest BCUT2D eigenvalue weighted by Crippen LogP contribution is -2.36. The van der Waals surface area contributed by atoms with Gasteiger partial charge in [-0.05, 0) is 35.1 Å². The van der Waals surface area contributed by atoms with Crippen molar-refractivity contribution in [1.82, 2.24) is 20.6 Å². The number of nitrogens with zero attached hydrogens (tertiary/aromatic N) is 1. The molecule has 0 fully saturated rings. The van der Waals surface area contributed by atoms with Gasteiger partial charge in [-0.25, -0.2) is 4.98 Å². The fourth-order valence-electron chi connectivity index (χ4n) is 3.20. The largest absolute Gasteiger partial charge is 0.369 e. The molecule has 0 aliphatic carbocycles. The van der Waals surface area contributed by atoms with Crippen molar-refractivity contribution < 1.29 is 0 Å². The molecule has 0 bridgehead atoms. The van der Waals surface area contributed by atoms with Gasteiger partial charge < -0.3 is 15.6 Å². The van der Waals surface area contributed by atoms with Gasteiger partial charge in [0.15, 0.2) is 0 Å². The van der Waals surface area contributed by atoms with Crippen molar-refractivity contribution in [2.45, 2.75) is 26.9 Å². The van der Waals surface area contributed by atoms with E-state index in [-0.39, 0.29) is 0 Å². The highest BCUT2D eigenvalue weighted by atomic mass is 15.2. The first-order valence-electron chi connectivity index (χ1n) is 9.06. The average molecular weight is 344 g/mol. The minimum Gasteiger partial charge on any atom is -0.369 e. The van der Waals surface area contributed by atoms with Crippen LogP contribution in [-0.4, -0.2) is 16.1 Å². The summed E-state index contributed by atoms with van der Waals surface area (Å²) >= 11 is 0. The molecule has 0 saturated carbocycles. The molecular weight excluding hydrogens is 320 g/mol. The highest BCUT2D eigenvalue weighted by Crippen LogP contribution is 2.26. The number of imidazole rings is 1. The van der Waals surface area contributed by atoms with Crippen molar-refractivity contribution in [2.24, 2.45) is 5.92 Å². The molecule has 3 N–H and O–H groups in total. The van der Waals surface area contributed by atoms with Crippen molar-refractivity contribution in [3.63, 3.8) is 0 Å². The molecule has 1 atom stereocenters. The second-order valence-corrected chi connectivity index (χ2v) is 7.13. The SMILES string of the molecule is Cc1ncc(-c2ccc(-c3ccc(C4=CNC(C(C)C)N4)cc3)cc2)[nH]1. The van der Waals surface area contributed by atoms with Crippen molar-refractivity contribution >= 4 is 5.70 Å². The van der Waals surface area contributed by atoms with E-state index < -0.39 is 0 Å². The molecule has 0 amide bonds. The van der Waals surface area contributed by atoms with E-state index in [4.69, 9.17) is 0 Å². The zero-order chi connectivity index (χ0) is 18.1. The predicted octanol–water partition coefficient (Wildman–Crippen LogP) is 4.53. The normalized spacial score (nSPS) is 16.3. The Labute approximate surface area is 154 Å². The van der Waals surface area contributed by atoms with E-state index in [0.29, 0.717) is 12.1 Å². The third-order valence-corrected chi connectivity index (χ3v) is 4.81. The zero-order valence-electron chi connectivity index (χ0n) is 15.4. The van der Waals surface area contributed by atoms with Gasteiger partial charge >= 0.3 is 0 Å². The number of nitrogens with one attached hydrogen (secondary N) is 3. The van der Waals surface area contributed by atoms with Crippen molar-refractivity contribution in [1.29, 1.82) is 0 Å². The number of rotatable bonds is 4. The van der Waals surface area contributed by atoms with Crippen LogP contribution in [0, 0.1) is 12.8 Å². The number of hydrogen-bond donors (Lipinski definition) is 3. The van der Waals surface area contributed by atoms with Crippen LogP contribution in [0.2, 0.25) is 0 Å². The zero-order valence-corrected chi connectivity index (χ0v) is 15.4. The lowest BCUT2D eigenvalue weighted by Gasteiger charge is -2.17. The lowest BCUT2D eigenvalue weighted by molar-refractivity contribution is 0.430. The van der Waals surface area contributed by atoms with Gasteiger partial charge in [-0.3, -0.25) is 0 Å². The fraction of sp³-hybridized carbons (Fsp3) is 0.227. The summed E-state index contributed by atoms with van der Waals surface area (Å²) in [6.45, 7) is 6.38. The molecule has 0 saturated heterocycles. The van der Waals surface area contributed by atoms with Crippen LogP contribution in [-0.2, 0) is 0 Å². The Bertz CT molecular complexity index is 918. The molecule has 0 spiro atoms. The minimum atomic E-state index is 0.309. The van der Waals surface area contributed by atoms with E-state index >= 15 is 0 Å². The number of aromatic amines is 1. The molecule has 2 heterocycles. The third-order valence-electron chi connectivity index (χ3n) is 4.81. The van der Waals surface area contributed by atoms with Crippen molar-refractivity contribution in [2.75, 3.05) is 0 Å². The number of aromatic nitrogens is 2. The van der Waals surface area contributed by atoms with Gasteiger partial charge in [0.2, 0.25) is 0 Å². The lowest BCUT2D eigenvalue weighted by atomic mass is 10.0. The second-order valence-electron chi connectivity index (χ2n) is 7.13. The van der Waals surface area contributed by atoms with Crippen LogP contribution >= 0.6 is 0 Å². The molecule has 4 heteroatoms. The number of hydrogen-bond acceptors (Lipinski definition) is 3. The molecule has 1 aliphatic rings. The van der Waals surface area contributed by atoms with Gasteiger partial charge in [0.1, 0.15) is 5.82 Å². The Balaban J connectivity index is 1.50. The summed E-state index contributed by atoms with van der Waals surface area (Å²) in [4.78, 5) is 7.54. The Morgan fingerprint density at radius 3 is 1.92 bits per heavy atom. The molecule has 132 valence electrons. The summed E-state index contributed by atoms with van der Waals surface area (Å²) in [7, 11) is 0. The van der Waals surface area contributed by atoms with Gasteiger partial charge in [0.25, 0.3) is 0 Å². The van der Waals surface area contributed by atoms with E-state index in [1.807, 2.05) is 13.1 Å². The predicted molar refractivity (Wildman–Crippen MR) is 107 cm³/mol. The Morgan fingerprint density at radius 2 is 1.42 bits per heavy atom. The van der Waals surface area contributed by atoms with Crippen LogP contribution in [0.4, 0.5) is 0 Å². The molecule has 26 heavy (non-hydrogen) atoms. The van der Waals surface area contributed by atoms with E-state index in [2.05, 4.69) is 89.2 Å². The summed E-state index contributed by atoms with van der Waals surface area (Å²) in [5.41, 5.74) is 6.98. The quantitative estimate of drug-likeness (QED) is 0.652. The van der Waals surface area contributed by atoms with Crippen LogP contribution in [0.3, 0.4) is 0 Å². The van der Waals surface area contributed by atoms with Crippen LogP contribution in [0.1, 0.15) is 25.2 Å². The fourth-order valence-corrected chi connectivity index (χ4v) is 3.20. The third kappa shape index (κ3) is 3.23.